The monoisotopic (exact) mass is 439 g/mol. The summed E-state index contributed by atoms with van der Waals surface area (Å²) in [6.07, 6.45) is 2.75. The maximum absolute atomic E-state index is 10.3. The van der Waals surface area contributed by atoms with Crippen molar-refractivity contribution in [2.24, 2.45) is 5.10 Å². The van der Waals surface area contributed by atoms with Crippen molar-refractivity contribution < 1.29 is 20.1 Å². The third-order valence-corrected chi connectivity index (χ3v) is 5.90. The van der Waals surface area contributed by atoms with Gasteiger partial charge in [-0.15, -0.1) is 0 Å². The van der Waals surface area contributed by atoms with Gasteiger partial charge in [-0.05, 0) is 30.5 Å². The van der Waals surface area contributed by atoms with Gasteiger partial charge in [0.2, 0.25) is 0 Å². The average molecular weight is 439 g/mol. The molecule has 4 atom stereocenters. The fourth-order valence-electron chi connectivity index (χ4n) is 4.14. The molecule has 168 valence electrons. The number of ether oxygens (including phenoxy) is 1. The Morgan fingerprint density at radius 1 is 1.09 bits per heavy atom. The lowest BCUT2D eigenvalue weighted by molar-refractivity contribution is -0.0511. The highest BCUT2D eigenvalue weighted by Gasteiger charge is 2.44. The van der Waals surface area contributed by atoms with Gasteiger partial charge >= 0.3 is 0 Å². The number of benzene rings is 1. The van der Waals surface area contributed by atoms with Crippen LogP contribution >= 0.6 is 0 Å². The number of hydrogen-bond donors (Lipinski definition) is 4. The predicted molar refractivity (Wildman–Crippen MR) is 117 cm³/mol. The molecule has 0 amide bonds. The summed E-state index contributed by atoms with van der Waals surface area (Å²) in [6, 6.07) is 8.23. The van der Waals surface area contributed by atoms with Crippen LogP contribution in [0, 0.1) is 0 Å². The molecule has 11 nitrogen and oxygen atoms in total. The third-order valence-electron chi connectivity index (χ3n) is 5.90. The fourth-order valence-corrected chi connectivity index (χ4v) is 4.14. The molecule has 0 bridgehead atoms. The molecule has 11 heteroatoms. The maximum Gasteiger partial charge on any atom is 0.177 e. The topological polar surface area (TPSA) is 141 Å². The molecule has 0 spiro atoms. The Morgan fingerprint density at radius 2 is 1.88 bits per heavy atom. The summed E-state index contributed by atoms with van der Waals surface area (Å²) in [4.78, 5) is 15.1. The van der Waals surface area contributed by atoms with Gasteiger partial charge in [0.1, 0.15) is 24.6 Å². The Bertz CT molecular complexity index is 1100. The third kappa shape index (κ3) is 3.79. The van der Waals surface area contributed by atoms with E-state index < -0.39 is 31.1 Å². The molecular formula is C21H25N7O4. The van der Waals surface area contributed by atoms with E-state index in [0.717, 1.165) is 18.7 Å². The lowest BCUT2D eigenvalue weighted by Crippen LogP contribution is -2.33. The second-order valence-electron chi connectivity index (χ2n) is 7.93. The number of hydrogen-bond acceptors (Lipinski definition) is 10. The summed E-state index contributed by atoms with van der Waals surface area (Å²) in [5, 5.41) is 33.9. The van der Waals surface area contributed by atoms with Crippen LogP contribution in [0.1, 0.15) is 24.6 Å². The van der Waals surface area contributed by atoms with Crippen LogP contribution in [0.4, 0.5) is 11.5 Å². The van der Waals surface area contributed by atoms with Gasteiger partial charge < -0.3 is 25.0 Å². The zero-order valence-electron chi connectivity index (χ0n) is 17.3. The molecule has 4 N–H and O–H groups in total. The molecule has 0 aliphatic carbocycles. The Morgan fingerprint density at radius 3 is 2.59 bits per heavy atom. The highest BCUT2D eigenvalue weighted by molar-refractivity contribution is 5.85. The van der Waals surface area contributed by atoms with Gasteiger partial charge in [0.25, 0.3) is 0 Å². The van der Waals surface area contributed by atoms with E-state index in [1.807, 2.05) is 12.1 Å². The zero-order valence-corrected chi connectivity index (χ0v) is 17.3. The van der Waals surface area contributed by atoms with Gasteiger partial charge in [-0.25, -0.2) is 15.0 Å². The minimum absolute atomic E-state index is 0.394. The van der Waals surface area contributed by atoms with E-state index in [4.69, 9.17) is 4.74 Å². The fraction of sp³-hybridized carbons (Fsp3) is 0.429. The molecule has 0 saturated carbocycles. The van der Waals surface area contributed by atoms with Gasteiger partial charge in [-0.3, -0.25) is 9.99 Å². The number of anilines is 2. The molecule has 1 aromatic carbocycles. The van der Waals surface area contributed by atoms with E-state index in [9.17, 15) is 15.3 Å². The van der Waals surface area contributed by atoms with Crippen molar-refractivity contribution in [3.63, 3.8) is 0 Å². The van der Waals surface area contributed by atoms with Crippen molar-refractivity contribution in [1.82, 2.24) is 19.5 Å². The van der Waals surface area contributed by atoms with Crippen LogP contribution in [-0.2, 0) is 4.74 Å². The lowest BCUT2D eigenvalue weighted by atomic mass is 10.1. The highest BCUT2D eigenvalue weighted by Crippen LogP contribution is 2.32. The quantitative estimate of drug-likeness (QED) is 0.319. The number of nitrogens with one attached hydrogen (secondary N) is 1. The molecule has 5 rings (SSSR count). The summed E-state index contributed by atoms with van der Waals surface area (Å²) >= 11 is 0. The first kappa shape index (κ1) is 20.8. The number of fused-ring (bicyclic) bond motifs is 1. The molecule has 3 aromatic rings. The Hall–Kier alpha value is -3.12. The van der Waals surface area contributed by atoms with E-state index in [-0.39, 0.29) is 0 Å². The highest BCUT2D eigenvalue weighted by atomic mass is 16.6. The van der Waals surface area contributed by atoms with Crippen molar-refractivity contribution in [1.29, 1.82) is 0 Å². The van der Waals surface area contributed by atoms with Crippen LogP contribution in [0.2, 0.25) is 0 Å². The van der Waals surface area contributed by atoms with Crippen molar-refractivity contribution in [3.05, 3.63) is 42.5 Å². The van der Waals surface area contributed by atoms with Crippen LogP contribution < -0.4 is 10.3 Å². The number of aliphatic hydroxyl groups is 3. The van der Waals surface area contributed by atoms with Gasteiger partial charge in [-0.1, -0.05) is 12.1 Å². The van der Waals surface area contributed by atoms with Crippen LogP contribution in [0.15, 0.2) is 42.0 Å². The van der Waals surface area contributed by atoms with E-state index in [1.54, 1.807) is 6.21 Å². The summed E-state index contributed by atoms with van der Waals surface area (Å²) in [6.45, 7) is 1.80. The van der Waals surface area contributed by atoms with Gasteiger partial charge in [0, 0.05) is 18.8 Å². The summed E-state index contributed by atoms with van der Waals surface area (Å²) in [5.74, 6) is 0.394. The average Bonchev–Trinajstić information content (AvgIpc) is 3.55. The first-order chi connectivity index (χ1) is 15.7. The predicted octanol–water partition coefficient (Wildman–Crippen LogP) is 0.484. The second kappa shape index (κ2) is 8.79. The second-order valence-corrected chi connectivity index (χ2v) is 7.93. The van der Waals surface area contributed by atoms with Crippen molar-refractivity contribution in [2.45, 2.75) is 37.4 Å². The Labute approximate surface area is 184 Å². The molecule has 0 radical (unpaired) electrons. The molecule has 32 heavy (non-hydrogen) atoms. The van der Waals surface area contributed by atoms with Crippen molar-refractivity contribution in [2.75, 3.05) is 30.0 Å². The van der Waals surface area contributed by atoms with E-state index in [1.165, 1.54) is 35.8 Å². The first-order valence-electron chi connectivity index (χ1n) is 10.6. The van der Waals surface area contributed by atoms with Gasteiger partial charge in [-0.2, -0.15) is 5.10 Å². The molecule has 4 heterocycles. The normalized spacial score (nSPS) is 25.9. The van der Waals surface area contributed by atoms with Gasteiger partial charge in [0.15, 0.2) is 23.2 Å². The Balaban J connectivity index is 1.31. The summed E-state index contributed by atoms with van der Waals surface area (Å²) in [7, 11) is 0. The molecule has 2 aliphatic rings. The number of rotatable bonds is 6. The molecule has 2 aromatic heterocycles. The van der Waals surface area contributed by atoms with Crippen LogP contribution in [0.3, 0.4) is 0 Å². The van der Waals surface area contributed by atoms with Gasteiger partial charge in [0.05, 0.1) is 19.1 Å². The number of aromatic nitrogens is 4. The first-order valence-corrected chi connectivity index (χ1v) is 10.6. The lowest BCUT2D eigenvalue weighted by Gasteiger charge is -2.17. The molecule has 2 fully saturated rings. The summed E-state index contributed by atoms with van der Waals surface area (Å²) < 4.78 is 7.08. The maximum atomic E-state index is 10.3. The molecular weight excluding hydrogens is 414 g/mol. The minimum atomic E-state index is -1.22. The Kier molecular flexibility index (Phi) is 5.70. The molecule has 2 aliphatic heterocycles. The molecule has 4 unspecified atom stereocenters. The number of imidazole rings is 1. The summed E-state index contributed by atoms with van der Waals surface area (Å²) in [5.41, 5.74) is 5.90. The number of nitrogens with zero attached hydrogens (tertiary/aromatic N) is 6. The van der Waals surface area contributed by atoms with E-state index in [0.29, 0.717) is 17.0 Å². The molecule has 2 saturated heterocycles. The van der Waals surface area contributed by atoms with Crippen LogP contribution in [0.25, 0.3) is 11.2 Å². The smallest absolute Gasteiger partial charge is 0.177 e. The SMILES string of the molecule is OCC1OC(n2cnc3c(N/N=C/c4ccc(N5CCCC5)cc4)ncnc32)C(O)C1O. The standard InChI is InChI=1S/C21H25N7O4/c29-10-15-17(30)18(31)21(32-15)28-12-24-16-19(22-11-23-20(16)28)26-25-9-13-3-5-14(6-4-13)27-7-1-2-8-27/h3-6,9,11-12,15,17-18,21,29-31H,1-2,7-8,10H2,(H,22,23,26)/b25-9+. The van der Waals surface area contributed by atoms with Crippen LogP contribution in [0.5, 0.6) is 0 Å². The van der Waals surface area contributed by atoms with E-state index in [2.05, 4.69) is 42.5 Å². The largest absolute Gasteiger partial charge is 0.394 e. The number of hydrazone groups is 1. The van der Waals surface area contributed by atoms with Crippen molar-refractivity contribution in [3.8, 4) is 0 Å². The number of aliphatic hydroxyl groups excluding tert-OH is 3. The van der Waals surface area contributed by atoms with Crippen molar-refractivity contribution >= 4 is 28.9 Å². The minimum Gasteiger partial charge on any atom is -0.394 e. The zero-order chi connectivity index (χ0) is 22.1. The van der Waals surface area contributed by atoms with E-state index >= 15 is 0 Å². The van der Waals surface area contributed by atoms with Crippen LogP contribution in [-0.4, -0.2) is 79.1 Å².